The van der Waals surface area contributed by atoms with Crippen molar-refractivity contribution >= 4 is 28.8 Å². The van der Waals surface area contributed by atoms with E-state index in [1.165, 1.54) is 0 Å². The summed E-state index contributed by atoms with van der Waals surface area (Å²) in [6, 6.07) is 4.08. The van der Waals surface area contributed by atoms with Crippen molar-refractivity contribution in [1.82, 2.24) is 15.3 Å². The van der Waals surface area contributed by atoms with Crippen LogP contribution in [0.3, 0.4) is 0 Å². The van der Waals surface area contributed by atoms with E-state index in [9.17, 15) is 4.79 Å². The van der Waals surface area contributed by atoms with E-state index in [2.05, 4.69) is 38.2 Å². The van der Waals surface area contributed by atoms with Gasteiger partial charge in [0.25, 0.3) is 0 Å². The Hall–Kier alpha value is -2.50. The number of amides is 1. The van der Waals surface area contributed by atoms with Crippen LogP contribution in [0.5, 0.6) is 0 Å². The zero-order valence-corrected chi connectivity index (χ0v) is 14.4. The highest BCUT2D eigenvalue weighted by Crippen LogP contribution is 2.31. The second kappa shape index (κ2) is 6.95. The number of fused-ring (bicyclic) bond motifs is 1. The zero-order valence-electron chi connectivity index (χ0n) is 14.4. The van der Waals surface area contributed by atoms with E-state index >= 15 is 0 Å². The molecule has 1 aliphatic rings. The van der Waals surface area contributed by atoms with Gasteiger partial charge in [-0.15, -0.1) is 0 Å². The molecule has 6 nitrogen and oxygen atoms in total. The molecule has 3 rings (SSSR count). The highest BCUT2D eigenvalue weighted by atomic mass is 16.1. The van der Waals surface area contributed by atoms with Crippen LogP contribution in [0.15, 0.2) is 29.5 Å². The highest BCUT2D eigenvalue weighted by Gasteiger charge is 2.30. The van der Waals surface area contributed by atoms with E-state index in [1.54, 1.807) is 32.7 Å². The summed E-state index contributed by atoms with van der Waals surface area (Å²) in [7, 11) is 3.45. The van der Waals surface area contributed by atoms with Crippen molar-refractivity contribution in [2.24, 2.45) is 16.8 Å². The first-order chi connectivity index (χ1) is 11.6. The van der Waals surface area contributed by atoms with Gasteiger partial charge in [0.2, 0.25) is 5.91 Å². The number of nitrogens with one attached hydrogen (secondary N) is 1. The normalized spacial score (nSPS) is 21.4. The fourth-order valence-corrected chi connectivity index (χ4v) is 3.50. The second-order valence-corrected chi connectivity index (χ2v) is 6.37. The Morgan fingerprint density at radius 1 is 1.29 bits per heavy atom. The first kappa shape index (κ1) is 16.4. The lowest BCUT2D eigenvalue weighted by Gasteiger charge is -2.37. The molecule has 1 amide bonds. The van der Waals surface area contributed by atoms with Gasteiger partial charge in [-0.25, -0.2) is 0 Å². The second-order valence-electron chi connectivity index (χ2n) is 6.37. The maximum absolute atomic E-state index is 12.1. The van der Waals surface area contributed by atoms with Gasteiger partial charge in [0.05, 0.1) is 17.1 Å². The topological polar surface area (TPSA) is 70.5 Å². The molecule has 2 unspecified atom stereocenters. The Bertz CT molecular complexity index is 773. The van der Waals surface area contributed by atoms with Crippen LogP contribution < -0.4 is 10.2 Å². The minimum Gasteiger partial charge on any atom is -0.369 e. The van der Waals surface area contributed by atoms with E-state index in [-0.39, 0.29) is 11.8 Å². The van der Waals surface area contributed by atoms with Crippen molar-refractivity contribution in [2.45, 2.75) is 13.3 Å². The largest absolute Gasteiger partial charge is 0.369 e. The van der Waals surface area contributed by atoms with Gasteiger partial charge in [0, 0.05) is 51.4 Å². The van der Waals surface area contributed by atoms with Crippen molar-refractivity contribution in [1.29, 1.82) is 0 Å². The van der Waals surface area contributed by atoms with Crippen LogP contribution in [0.2, 0.25) is 0 Å². The van der Waals surface area contributed by atoms with E-state index in [1.807, 2.05) is 6.07 Å². The molecule has 6 heteroatoms. The fraction of sp³-hybridized carbons (Fsp3) is 0.444. The molecule has 1 aromatic heterocycles. The molecule has 0 saturated carbocycles. The smallest absolute Gasteiger partial charge is 0.224 e. The van der Waals surface area contributed by atoms with Gasteiger partial charge < -0.3 is 10.2 Å². The van der Waals surface area contributed by atoms with Crippen molar-refractivity contribution in [3.05, 3.63) is 30.1 Å². The number of benzene rings is 1. The highest BCUT2D eigenvalue weighted by molar-refractivity contribution is 6.01. The number of aromatic nitrogens is 2. The van der Waals surface area contributed by atoms with Gasteiger partial charge in [-0.05, 0) is 24.5 Å². The molecule has 0 spiro atoms. The van der Waals surface area contributed by atoms with E-state index in [4.69, 9.17) is 0 Å². The zero-order chi connectivity index (χ0) is 17.1. The summed E-state index contributed by atoms with van der Waals surface area (Å²) in [6.07, 6.45) is 6.13. The van der Waals surface area contributed by atoms with Gasteiger partial charge in [-0.1, -0.05) is 6.92 Å². The molecule has 0 bridgehead atoms. The molecular weight excluding hydrogens is 302 g/mol. The maximum Gasteiger partial charge on any atom is 0.224 e. The summed E-state index contributed by atoms with van der Waals surface area (Å²) < 4.78 is 0. The Labute approximate surface area is 142 Å². The van der Waals surface area contributed by atoms with Crippen LogP contribution in [-0.2, 0) is 4.79 Å². The van der Waals surface area contributed by atoms with Crippen LogP contribution in [0.1, 0.15) is 18.9 Å². The molecular formula is C18H23N5O. The number of rotatable bonds is 3. The summed E-state index contributed by atoms with van der Waals surface area (Å²) >= 11 is 0. The number of anilines is 1. The summed E-state index contributed by atoms with van der Waals surface area (Å²) in [5.41, 5.74) is 3.69. The van der Waals surface area contributed by atoms with E-state index in [0.29, 0.717) is 12.5 Å². The summed E-state index contributed by atoms with van der Waals surface area (Å²) in [6.45, 7) is 3.81. The molecule has 0 aliphatic carbocycles. The molecule has 1 N–H and O–H groups in total. The van der Waals surface area contributed by atoms with E-state index in [0.717, 1.165) is 35.2 Å². The number of nitrogens with zero attached hydrogens (tertiary/aromatic N) is 4. The monoisotopic (exact) mass is 325 g/mol. The molecule has 126 valence electrons. The summed E-state index contributed by atoms with van der Waals surface area (Å²) in [5, 5.41) is 2.78. The Morgan fingerprint density at radius 2 is 2.04 bits per heavy atom. The molecule has 2 atom stereocenters. The summed E-state index contributed by atoms with van der Waals surface area (Å²) in [5.74, 6) is 0.559. The first-order valence-electron chi connectivity index (χ1n) is 8.26. The molecule has 24 heavy (non-hydrogen) atoms. The lowest BCUT2D eigenvalue weighted by atomic mass is 9.89. The molecule has 0 radical (unpaired) electrons. The van der Waals surface area contributed by atoms with Crippen molar-refractivity contribution in [2.75, 3.05) is 32.1 Å². The number of hydrogen-bond acceptors (Lipinski definition) is 5. The maximum atomic E-state index is 12.1. The fourth-order valence-electron chi connectivity index (χ4n) is 3.50. The molecule has 1 aromatic carbocycles. The van der Waals surface area contributed by atoms with Crippen molar-refractivity contribution in [3.63, 3.8) is 0 Å². The number of piperidine rings is 1. The Morgan fingerprint density at radius 3 is 2.75 bits per heavy atom. The standard InChI is InChI=1S/C18H23N5O/c1-12-8-14(18(24)20-3)11-23(10-12)15-5-4-13(9-19-2)16-17(15)22-7-6-21-16/h4-7,9,12,14H,8,10-11H2,1-3H3,(H,20,24). The Balaban J connectivity index is 2.02. The number of carbonyl (C=O) groups is 1. The lowest BCUT2D eigenvalue weighted by Crippen LogP contribution is -2.45. The number of hydrogen-bond donors (Lipinski definition) is 1. The minimum absolute atomic E-state index is 0.00218. The van der Waals surface area contributed by atoms with Crippen LogP contribution in [-0.4, -0.2) is 49.3 Å². The lowest BCUT2D eigenvalue weighted by molar-refractivity contribution is -0.125. The predicted octanol–water partition coefficient (Wildman–Crippen LogP) is 1.89. The van der Waals surface area contributed by atoms with Gasteiger partial charge in [0.1, 0.15) is 5.52 Å². The van der Waals surface area contributed by atoms with Crippen LogP contribution >= 0.6 is 0 Å². The van der Waals surface area contributed by atoms with Crippen LogP contribution in [0.4, 0.5) is 5.69 Å². The van der Waals surface area contributed by atoms with Gasteiger partial charge in [0.15, 0.2) is 0 Å². The third-order valence-corrected chi connectivity index (χ3v) is 4.52. The average Bonchev–Trinajstić information content (AvgIpc) is 2.61. The van der Waals surface area contributed by atoms with Crippen molar-refractivity contribution < 1.29 is 4.79 Å². The van der Waals surface area contributed by atoms with E-state index < -0.39 is 0 Å². The quantitative estimate of drug-likeness (QED) is 0.875. The van der Waals surface area contributed by atoms with Gasteiger partial charge in [-0.2, -0.15) is 0 Å². The third-order valence-electron chi connectivity index (χ3n) is 4.52. The number of carbonyl (C=O) groups excluding carboxylic acids is 1. The Kier molecular flexibility index (Phi) is 4.74. The van der Waals surface area contributed by atoms with Crippen molar-refractivity contribution in [3.8, 4) is 0 Å². The van der Waals surface area contributed by atoms with Crippen LogP contribution in [0, 0.1) is 11.8 Å². The molecule has 1 aliphatic heterocycles. The minimum atomic E-state index is 0.00218. The molecule has 2 aromatic rings. The molecule has 1 saturated heterocycles. The SMILES string of the molecule is CN=Cc1ccc(N2CC(C)CC(C(=O)NC)C2)c2nccnc12. The van der Waals surface area contributed by atoms with Crippen LogP contribution in [0.25, 0.3) is 11.0 Å². The number of aliphatic imine (C=N–C) groups is 1. The van der Waals surface area contributed by atoms with Gasteiger partial charge in [-0.3, -0.25) is 19.8 Å². The molecule has 2 heterocycles. The predicted molar refractivity (Wildman–Crippen MR) is 96.6 cm³/mol. The summed E-state index contributed by atoms with van der Waals surface area (Å²) in [4.78, 5) is 27.5. The first-order valence-corrected chi connectivity index (χ1v) is 8.26. The average molecular weight is 325 g/mol. The van der Waals surface area contributed by atoms with Gasteiger partial charge >= 0.3 is 0 Å². The molecule has 1 fully saturated rings. The third kappa shape index (κ3) is 3.09.